The largest absolute Gasteiger partial charge is 0.496 e. The van der Waals surface area contributed by atoms with E-state index < -0.39 is 20.2 Å². The van der Waals surface area contributed by atoms with Gasteiger partial charge in [0.1, 0.15) is 24.7 Å². The first-order valence-electron chi connectivity index (χ1n) is 13.5. The minimum absolute atomic E-state index is 0.0171. The minimum atomic E-state index is -3.86. The first-order valence-corrected chi connectivity index (χ1v) is 17.1. The van der Waals surface area contributed by atoms with E-state index in [0.717, 1.165) is 23.7 Å². The highest BCUT2D eigenvalue weighted by Gasteiger charge is 2.20. The lowest BCUT2D eigenvalue weighted by Crippen LogP contribution is -2.08. The third kappa shape index (κ3) is 9.95. The van der Waals surface area contributed by atoms with Crippen LogP contribution in [-0.4, -0.2) is 56.8 Å². The van der Waals surface area contributed by atoms with Crippen molar-refractivity contribution in [3.8, 4) is 56.8 Å². The Morgan fingerprint density at radius 2 is 0.932 bits per heavy atom. The Morgan fingerprint density at radius 1 is 0.568 bits per heavy atom. The highest BCUT2D eigenvalue weighted by molar-refractivity contribution is 7.86. The van der Waals surface area contributed by atoms with Gasteiger partial charge < -0.3 is 27.3 Å². The van der Waals surface area contributed by atoms with Crippen LogP contribution in [0.5, 0.6) is 34.5 Å². The number of rotatable bonds is 14. The Bertz CT molecular complexity index is 1630. The van der Waals surface area contributed by atoms with Crippen LogP contribution in [-0.2, 0) is 20.2 Å². The normalized spacial score (nSPS) is 11.3. The van der Waals surface area contributed by atoms with E-state index in [4.69, 9.17) is 27.3 Å². The second kappa shape index (κ2) is 14.5. The van der Waals surface area contributed by atoms with Gasteiger partial charge in [0.25, 0.3) is 0 Å². The van der Waals surface area contributed by atoms with Crippen LogP contribution in [0.2, 0.25) is 0 Å². The number of methoxy groups -OCH3 is 2. The summed E-state index contributed by atoms with van der Waals surface area (Å²) < 4.78 is 81.6. The SMILES string of the molecule is COc1cc(-c2ccc(OCC=C(C)C)c(OS(C)(=O)=O)c2)c(OC)cc1-c1ccc(OCC=C(C)C)c(OS(C)(=O)=O)c1. The highest BCUT2D eigenvalue weighted by Crippen LogP contribution is 2.44. The third-order valence-electron chi connectivity index (χ3n) is 5.97. The second-order valence-corrected chi connectivity index (χ2v) is 13.5. The van der Waals surface area contributed by atoms with Gasteiger partial charge in [-0.25, -0.2) is 0 Å². The van der Waals surface area contributed by atoms with E-state index in [1.54, 1.807) is 48.5 Å². The quantitative estimate of drug-likeness (QED) is 0.143. The Kier molecular flexibility index (Phi) is 11.3. The molecule has 0 heterocycles. The average molecular weight is 647 g/mol. The molecular formula is C32H38O10S2. The fraction of sp³-hybridized carbons (Fsp3) is 0.312. The molecule has 0 saturated carbocycles. The molecule has 3 rings (SSSR count). The van der Waals surface area contributed by atoms with Crippen LogP contribution in [0.4, 0.5) is 0 Å². The summed E-state index contributed by atoms with van der Waals surface area (Å²) in [7, 11) is -4.73. The van der Waals surface area contributed by atoms with Crippen molar-refractivity contribution >= 4 is 20.2 Å². The molecule has 0 fully saturated rings. The Labute approximate surface area is 260 Å². The van der Waals surface area contributed by atoms with Gasteiger partial charge in [-0.3, -0.25) is 0 Å². The second-order valence-electron chi connectivity index (χ2n) is 10.3. The maximum atomic E-state index is 12.0. The van der Waals surface area contributed by atoms with Gasteiger partial charge in [-0.1, -0.05) is 23.3 Å². The van der Waals surface area contributed by atoms with Crippen LogP contribution in [0, 0.1) is 0 Å². The molecule has 44 heavy (non-hydrogen) atoms. The molecule has 0 bridgehead atoms. The van der Waals surface area contributed by atoms with Gasteiger partial charge in [-0.05, 0) is 87.4 Å². The standard InChI is InChI=1S/C32H38O10S2/c1-21(2)13-15-39-27-11-9-23(17-31(27)41-43(7,33)34)25-19-30(38-6)26(20-29(25)37-5)24-10-12-28(40-16-14-22(3)4)32(18-24)42-44(8,35)36/h9-14,17-20H,15-16H2,1-8H3. The van der Waals surface area contributed by atoms with E-state index >= 15 is 0 Å². The minimum Gasteiger partial charge on any atom is -0.496 e. The average Bonchev–Trinajstić information content (AvgIpc) is 2.91. The van der Waals surface area contributed by atoms with Crippen molar-refractivity contribution in [2.75, 3.05) is 39.9 Å². The summed E-state index contributed by atoms with van der Waals surface area (Å²) in [5.74, 6) is 1.40. The van der Waals surface area contributed by atoms with Crippen LogP contribution in [0.15, 0.2) is 71.8 Å². The zero-order valence-corrected chi connectivity index (χ0v) is 27.7. The molecule has 3 aromatic carbocycles. The van der Waals surface area contributed by atoms with E-state index in [2.05, 4.69) is 0 Å². The first kappa shape index (κ1) is 34.3. The van der Waals surface area contributed by atoms with Crippen LogP contribution in [0.1, 0.15) is 27.7 Å². The molecule has 3 aromatic rings. The summed E-state index contributed by atoms with van der Waals surface area (Å²) in [6.07, 6.45) is 5.63. The monoisotopic (exact) mass is 646 g/mol. The molecular weight excluding hydrogens is 608 g/mol. The van der Waals surface area contributed by atoms with Crippen molar-refractivity contribution in [1.82, 2.24) is 0 Å². The van der Waals surface area contributed by atoms with Crippen LogP contribution >= 0.6 is 0 Å². The molecule has 0 spiro atoms. The van der Waals surface area contributed by atoms with Crippen molar-refractivity contribution in [3.63, 3.8) is 0 Å². The van der Waals surface area contributed by atoms with E-state index in [0.29, 0.717) is 33.8 Å². The van der Waals surface area contributed by atoms with Gasteiger partial charge in [0.15, 0.2) is 23.0 Å². The first-order chi connectivity index (χ1) is 20.6. The number of ether oxygens (including phenoxy) is 4. The van der Waals surface area contributed by atoms with Crippen molar-refractivity contribution in [1.29, 1.82) is 0 Å². The molecule has 12 heteroatoms. The number of allylic oxidation sites excluding steroid dienone is 2. The van der Waals surface area contributed by atoms with Gasteiger partial charge in [0, 0.05) is 11.1 Å². The maximum Gasteiger partial charge on any atom is 0.306 e. The molecule has 0 aliphatic heterocycles. The van der Waals surface area contributed by atoms with Gasteiger partial charge in [0.2, 0.25) is 0 Å². The predicted octanol–water partition coefficient (Wildman–Crippen LogP) is 6.40. The molecule has 0 aliphatic rings. The Hall–Kier alpha value is -4.16. The molecule has 238 valence electrons. The number of hydrogen-bond donors (Lipinski definition) is 0. The molecule has 0 aromatic heterocycles. The molecule has 0 aliphatic carbocycles. The lowest BCUT2D eigenvalue weighted by atomic mass is 9.97. The van der Waals surface area contributed by atoms with E-state index in [1.165, 1.54) is 14.2 Å². The lowest BCUT2D eigenvalue weighted by Gasteiger charge is -2.18. The van der Waals surface area contributed by atoms with Gasteiger partial charge >= 0.3 is 20.2 Å². The number of benzene rings is 3. The van der Waals surface area contributed by atoms with Gasteiger partial charge in [0.05, 0.1) is 26.7 Å². The van der Waals surface area contributed by atoms with E-state index in [-0.39, 0.29) is 36.2 Å². The van der Waals surface area contributed by atoms with E-state index in [9.17, 15) is 16.8 Å². The van der Waals surface area contributed by atoms with Crippen molar-refractivity contribution in [2.24, 2.45) is 0 Å². The van der Waals surface area contributed by atoms with Gasteiger partial charge in [-0.15, -0.1) is 0 Å². The summed E-state index contributed by atoms with van der Waals surface area (Å²) in [5.41, 5.74) is 4.40. The smallest absolute Gasteiger partial charge is 0.306 e. The zero-order chi connectivity index (χ0) is 32.7. The van der Waals surface area contributed by atoms with Crippen LogP contribution in [0.3, 0.4) is 0 Å². The topological polar surface area (TPSA) is 124 Å². The zero-order valence-electron chi connectivity index (χ0n) is 26.1. The molecule has 0 unspecified atom stereocenters. The van der Waals surface area contributed by atoms with E-state index in [1.807, 2.05) is 39.8 Å². The summed E-state index contributed by atoms with van der Waals surface area (Å²) in [6.45, 7) is 8.18. The van der Waals surface area contributed by atoms with Crippen LogP contribution in [0.25, 0.3) is 22.3 Å². The van der Waals surface area contributed by atoms with Crippen molar-refractivity contribution in [3.05, 3.63) is 71.8 Å². The lowest BCUT2D eigenvalue weighted by molar-refractivity contribution is 0.347. The molecule has 0 amide bonds. The molecule has 10 nitrogen and oxygen atoms in total. The summed E-state index contributed by atoms with van der Waals surface area (Å²) >= 11 is 0. The Morgan fingerprint density at radius 3 is 1.23 bits per heavy atom. The summed E-state index contributed by atoms with van der Waals surface area (Å²) in [6, 6.07) is 13.3. The Balaban J connectivity index is 2.13. The van der Waals surface area contributed by atoms with Crippen LogP contribution < -0.4 is 27.3 Å². The maximum absolute atomic E-state index is 12.0. The molecule has 0 N–H and O–H groups in total. The fourth-order valence-electron chi connectivity index (χ4n) is 3.99. The number of hydrogen-bond acceptors (Lipinski definition) is 10. The third-order valence-corrected chi connectivity index (χ3v) is 6.94. The highest BCUT2D eigenvalue weighted by atomic mass is 32.2. The molecule has 0 saturated heterocycles. The van der Waals surface area contributed by atoms with Crippen molar-refractivity contribution in [2.45, 2.75) is 27.7 Å². The predicted molar refractivity (Wildman–Crippen MR) is 171 cm³/mol. The molecule has 0 radical (unpaired) electrons. The molecule has 0 atom stereocenters. The van der Waals surface area contributed by atoms with Crippen molar-refractivity contribution < 1.29 is 44.1 Å². The van der Waals surface area contributed by atoms with Gasteiger partial charge in [-0.2, -0.15) is 16.8 Å². The fourth-order valence-corrected chi connectivity index (χ4v) is 4.90. The summed E-state index contributed by atoms with van der Waals surface area (Å²) in [4.78, 5) is 0. The summed E-state index contributed by atoms with van der Waals surface area (Å²) in [5, 5.41) is 0.